The average molecular weight is 286 g/mol. The first kappa shape index (κ1) is 14.3. The summed E-state index contributed by atoms with van der Waals surface area (Å²) >= 11 is 0. The number of hydrogen-bond acceptors (Lipinski definition) is 4. The third-order valence-corrected chi connectivity index (χ3v) is 3.05. The highest BCUT2D eigenvalue weighted by atomic mass is 19.1. The molecule has 0 atom stereocenters. The second-order valence-corrected chi connectivity index (χ2v) is 4.37. The molecule has 108 valence electrons. The van der Waals surface area contributed by atoms with Crippen LogP contribution in [0.2, 0.25) is 0 Å². The molecule has 0 spiro atoms. The number of nitro benzene ring substituents is 1. The van der Waals surface area contributed by atoms with E-state index < -0.39 is 33.7 Å². The number of nitrogens with zero attached hydrogens (tertiary/aromatic N) is 1. The van der Waals surface area contributed by atoms with E-state index in [2.05, 4.69) is 5.32 Å². The number of nitrogens with one attached hydrogen (secondary N) is 1. The molecule has 6 nitrogen and oxygen atoms in total. The molecule has 8 heteroatoms. The standard InChI is InChI=1S/C12H12F2N2O4/c13-8-1-2-9(16(18)19)11(14)10(8)12(17)15-7-3-5-20-6-4-7/h1-2,7H,3-6H2,(H,15,17). The van der Waals surface area contributed by atoms with Gasteiger partial charge in [-0.05, 0) is 18.9 Å². The predicted molar refractivity (Wildman–Crippen MR) is 64.3 cm³/mol. The summed E-state index contributed by atoms with van der Waals surface area (Å²) in [5.74, 6) is -3.58. The van der Waals surface area contributed by atoms with Gasteiger partial charge in [0.05, 0.1) is 4.92 Å². The summed E-state index contributed by atoms with van der Waals surface area (Å²) in [5.41, 5.74) is -1.85. The van der Waals surface area contributed by atoms with Crippen molar-refractivity contribution in [3.8, 4) is 0 Å². The highest BCUT2D eigenvalue weighted by Gasteiger charge is 2.27. The van der Waals surface area contributed by atoms with Gasteiger partial charge in [0.15, 0.2) is 0 Å². The van der Waals surface area contributed by atoms with Gasteiger partial charge in [0.1, 0.15) is 11.4 Å². The molecule has 0 saturated carbocycles. The van der Waals surface area contributed by atoms with E-state index in [1.807, 2.05) is 0 Å². The fraction of sp³-hybridized carbons (Fsp3) is 0.417. The number of ether oxygens (including phenoxy) is 1. The summed E-state index contributed by atoms with van der Waals surface area (Å²) in [6, 6.07) is 1.14. The third-order valence-electron chi connectivity index (χ3n) is 3.05. The minimum absolute atomic E-state index is 0.255. The molecule has 1 aromatic rings. The minimum Gasteiger partial charge on any atom is -0.381 e. The zero-order valence-electron chi connectivity index (χ0n) is 10.4. The Hall–Kier alpha value is -2.09. The van der Waals surface area contributed by atoms with Crippen LogP contribution < -0.4 is 5.32 Å². The van der Waals surface area contributed by atoms with E-state index in [0.717, 1.165) is 0 Å². The molecular weight excluding hydrogens is 274 g/mol. The van der Waals surface area contributed by atoms with Gasteiger partial charge in [-0.1, -0.05) is 0 Å². The maximum Gasteiger partial charge on any atom is 0.305 e. The Kier molecular flexibility index (Phi) is 4.23. The van der Waals surface area contributed by atoms with Crippen LogP contribution in [0.4, 0.5) is 14.5 Å². The van der Waals surface area contributed by atoms with Crippen molar-refractivity contribution < 1.29 is 23.2 Å². The lowest BCUT2D eigenvalue weighted by Crippen LogP contribution is -2.39. The van der Waals surface area contributed by atoms with E-state index in [1.54, 1.807) is 0 Å². The van der Waals surface area contributed by atoms with E-state index in [1.165, 1.54) is 0 Å². The molecule has 1 N–H and O–H groups in total. The largest absolute Gasteiger partial charge is 0.381 e. The summed E-state index contributed by atoms with van der Waals surface area (Å²) in [5, 5.41) is 13.1. The number of rotatable bonds is 3. The van der Waals surface area contributed by atoms with Crippen LogP contribution in [0.1, 0.15) is 23.2 Å². The van der Waals surface area contributed by atoms with Gasteiger partial charge in [-0.15, -0.1) is 0 Å². The SMILES string of the molecule is O=C(NC1CCOCC1)c1c(F)ccc([N+](=O)[O-])c1F. The number of carbonyl (C=O) groups excluding carboxylic acids is 1. The van der Waals surface area contributed by atoms with Gasteiger partial charge in [0, 0.05) is 25.3 Å². The van der Waals surface area contributed by atoms with Crippen molar-refractivity contribution in [3.63, 3.8) is 0 Å². The topological polar surface area (TPSA) is 81.5 Å². The summed E-state index contributed by atoms with van der Waals surface area (Å²) in [4.78, 5) is 21.5. The molecule has 1 saturated heterocycles. The van der Waals surface area contributed by atoms with Gasteiger partial charge >= 0.3 is 5.69 Å². The first-order chi connectivity index (χ1) is 9.50. The smallest absolute Gasteiger partial charge is 0.305 e. The maximum absolute atomic E-state index is 13.8. The Balaban J connectivity index is 2.24. The molecule has 0 unspecified atom stereocenters. The third kappa shape index (κ3) is 2.90. The number of nitro groups is 1. The number of hydrogen-bond donors (Lipinski definition) is 1. The molecule has 1 fully saturated rings. The molecule has 2 rings (SSSR count). The predicted octanol–water partition coefficient (Wildman–Crippen LogP) is 1.78. The van der Waals surface area contributed by atoms with E-state index in [4.69, 9.17) is 4.74 Å². The molecule has 1 amide bonds. The monoisotopic (exact) mass is 286 g/mol. The van der Waals surface area contributed by atoms with Crippen molar-refractivity contribution in [2.75, 3.05) is 13.2 Å². The van der Waals surface area contributed by atoms with Crippen LogP contribution in [0.3, 0.4) is 0 Å². The van der Waals surface area contributed by atoms with Gasteiger partial charge in [0.25, 0.3) is 5.91 Å². The van der Waals surface area contributed by atoms with Crippen LogP contribution in [0.15, 0.2) is 12.1 Å². The van der Waals surface area contributed by atoms with Gasteiger partial charge in [-0.2, -0.15) is 4.39 Å². The lowest BCUT2D eigenvalue weighted by atomic mass is 10.1. The van der Waals surface area contributed by atoms with Crippen LogP contribution in [-0.4, -0.2) is 30.1 Å². The lowest BCUT2D eigenvalue weighted by Gasteiger charge is -2.23. The Labute approximate surface area is 112 Å². The molecule has 1 heterocycles. The van der Waals surface area contributed by atoms with Gasteiger partial charge in [-0.3, -0.25) is 14.9 Å². The van der Waals surface area contributed by atoms with Crippen LogP contribution in [0.25, 0.3) is 0 Å². The van der Waals surface area contributed by atoms with Crippen molar-refractivity contribution in [2.24, 2.45) is 0 Å². The molecule has 0 radical (unpaired) electrons. The van der Waals surface area contributed by atoms with Crippen LogP contribution >= 0.6 is 0 Å². The molecule has 0 bridgehead atoms. The molecule has 1 aromatic carbocycles. The quantitative estimate of drug-likeness (QED) is 0.678. The Bertz CT molecular complexity index is 545. The zero-order valence-corrected chi connectivity index (χ0v) is 10.4. The molecule has 0 aliphatic carbocycles. The zero-order chi connectivity index (χ0) is 14.7. The molecule has 1 aliphatic heterocycles. The maximum atomic E-state index is 13.8. The van der Waals surface area contributed by atoms with Crippen molar-refractivity contribution in [2.45, 2.75) is 18.9 Å². The Morgan fingerprint density at radius 3 is 2.60 bits per heavy atom. The first-order valence-electron chi connectivity index (χ1n) is 6.01. The van der Waals surface area contributed by atoms with Crippen molar-refractivity contribution >= 4 is 11.6 Å². The molecule has 1 aliphatic rings. The fourth-order valence-corrected chi connectivity index (χ4v) is 1.99. The first-order valence-corrected chi connectivity index (χ1v) is 6.01. The van der Waals surface area contributed by atoms with E-state index >= 15 is 0 Å². The lowest BCUT2D eigenvalue weighted by molar-refractivity contribution is -0.387. The summed E-state index contributed by atoms with van der Waals surface area (Å²) < 4.78 is 32.5. The Morgan fingerprint density at radius 1 is 1.35 bits per heavy atom. The number of benzene rings is 1. The van der Waals surface area contributed by atoms with Crippen molar-refractivity contribution in [3.05, 3.63) is 39.4 Å². The van der Waals surface area contributed by atoms with E-state index in [9.17, 15) is 23.7 Å². The average Bonchev–Trinajstić information content (AvgIpc) is 2.39. The second kappa shape index (κ2) is 5.91. The van der Waals surface area contributed by atoms with Gasteiger partial charge in [0.2, 0.25) is 5.82 Å². The molecular formula is C12H12F2N2O4. The fourth-order valence-electron chi connectivity index (χ4n) is 1.99. The highest BCUT2D eigenvalue weighted by molar-refractivity contribution is 5.95. The van der Waals surface area contributed by atoms with Crippen LogP contribution in [0, 0.1) is 21.7 Å². The van der Waals surface area contributed by atoms with Gasteiger partial charge < -0.3 is 10.1 Å². The Morgan fingerprint density at radius 2 is 2.00 bits per heavy atom. The van der Waals surface area contributed by atoms with E-state index in [0.29, 0.717) is 38.2 Å². The summed E-state index contributed by atoms with van der Waals surface area (Å²) in [6.07, 6.45) is 1.06. The summed E-state index contributed by atoms with van der Waals surface area (Å²) in [7, 11) is 0. The highest BCUT2D eigenvalue weighted by Crippen LogP contribution is 2.23. The van der Waals surface area contributed by atoms with Crippen molar-refractivity contribution in [1.29, 1.82) is 0 Å². The number of amides is 1. The van der Waals surface area contributed by atoms with Crippen LogP contribution in [-0.2, 0) is 4.74 Å². The van der Waals surface area contributed by atoms with Gasteiger partial charge in [-0.25, -0.2) is 4.39 Å². The van der Waals surface area contributed by atoms with E-state index in [-0.39, 0.29) is 6.04 Å². The number of carbonyl (C=O) groups is 1. The second-order valence-electron chi connectivity index (χ2n) is 4.37. The molecule has 20 heavy (non-hydrogen) atoms. The van der Waals surface area contributed by atoms with Crippen LogP contribution in [0.5, 0.6) is 0 Å². The van der Waals surface area contributed by atoms with Crippen molar-refractivity contribution in [1.82, 2.24) is 5.32 Å². The minimum atomic E-state index is -1.46. The number of halogens is 2. The molecule has 0 aromatic heterocycles. The summed E-state index contributed by atoms with van der Waals surface area (Å²) in [6.45, 7) is 0.899. The normalized spacial score (nSPS) is 15.9.